The molecule has 1 aliphatic heterocycles. The van der Waals surface area contributed by atoms with Gasteiger partial charge in [-0.25, -0.2) is 13.4 Å². The maximum atomic E-state index is 12.8. The van der Waals surface area contributed by atoms with E-state index in [9.17, 15) is 13.2 Å². The molecule has 1 unspecified atom stereocenters. The molecule has 1 aromatic rings. The van der Waals surface area contributed by atoms with Gasteiger partial charge in [0.2, 0.25) is 0 Å². The summed E-state index contributed by atoms with van der Waals surface area (Å²) in [6.45, 7) is 7.50. The number of carbonyl (C=O) groups is 1. The van der Waals surface area contributed by atoms with Gasteiger partial charge in [-0.3, -0.25) is 4.79 Å². The second-order valence-electron chi connectivity index (χ2n) is 6.69. The van der Waals surface area contributed by atoms with Crippen LogP contribution in [0.15, 0.2) is 18.3 Å². The zero-order valence-electron chi connectivity index (χ0n) is 14.7. The fraction of sp³-hybridized carbons (Fsp3) is 0.647. The van der Waals surface area contributed by atoms with E-state index in [0.29, 0.717) is 30.3 Å². The molecular formula is C17H27N3O3S. The molecule has 0 saturated carbocycles. The van der Waals surface area contributed by atoms with E-state index in [1.165, 1.54) is 0 Å². The van der Waals surface area contributed by atoms with Crippen molar-refractivity contribution in [1.82, 2.24) is 9.88 Å². The van der Waals surface area contributed by atoms with Crippen LogP contribution < -0.4 is 5.32 Å². The predicted molar refractivity (Wildman–Crippen MR) is 96.0 cm³/mol. The van der Waals surface area contributed by atoms with E-state index in [1.807, 2.05) is 6.92 Å². The van der Waals surface area contributed by atoms with Gasteiger partial charge in [0.1, 0.15) is 5.82 Å². The normalized spacial score (nSPS) is 19.4. The van der Waals surface area contributed by atoms with Gasteiger partial charge in [0, 0.05) is 30.9 Å². The summed E-state index contributed by atoms with van der Waals surface area (Å²) in [5.41, 5.74) is 0.545. The lowest BCUT2D eigenvalue weighted by molar-refractivity contribution is 0.0708. The van der Waals surface area contributed by atoms with E-state index in [2.05, 4.69) is 24.1 Å². The summed E-state index contributed by atoms with van der Waals surface area (Å²) in [5, 5.41) is 3.23. The lowest BCUT2D eigenvalue weighted by atomic mass is 10.1. The Labute approximate surface area is 144 Å². The van der Waals surface area contributed by atoms with Crippen LogP contribution in [-0.4, -0.2) is 54.8 Å². The van der Waals surface area contributed by atoms with Crippen molar-refractivity contribution in [3.8, 4) is 0 Å². The van der Waals surface area contributed by atoms with Crippen molar-refractivity contribution < 1.29 is 13.2 Å². The van der Waals surface area contributed by atoms with Gasteiger partial charge in [-0.15, -0.1) is 0 Å². The summed E-state index contributed by atoms with van der Waals surface area (Å²) in [6.07, 6.45) is 3.16. The first-order valence-corrected chi connectivity index (χ1v) is 10.4. The van der Waals surface area contributed by atoms with Crippen LogP contribution in [0.3, 0.4) is 0 Å². The third-order valence-electron chi connectivity index (χ3n) is 4.29. The first-order valence-electron chi connectivity index (χ1n) is 8.53. The quantitative estimate of drug-likeness (QED) is 0.813. The van der Waals surface area contributed by atoms with Crippen LogP contribution in [0.2, 0.25) is 0 Å². The second-order valence-corrected chi connectivity index (χ2v) is 8.92. The summed E-state index contributed by atoms with van der Waals surface area (Å²) in [5.74, 6) is 1.38. The fourth-order valence-corrected chi connectivity index (χ4v) is 4.63. The summed E-state index contributed by atoms with van der Waals surface area (Å²) in [4.78, 5) is 18.7. The average Bonchev–Trinajstić information content (AvgIpc) is 2.88. The molecule has 1 saturated heterocycles. The minimum absolute atomic E-state index is 0.0666. The number of aromatic nitrogens is 1. The molecule has 6 nitrogen and oxygen atoms in total. The summed E-state index contributed by atoms with van der Waals surface area (Å²) < 4.78 is 23.4. The van der Waals surface area contributed by atoms with Crippen molar-refractivity contribution in [2.75, 3.05) is 29.9 Å². The van der Waals surface area contributed by atoms with Crippen LogP contribution in [-0.2, 0) is 9.84 Å². The van der Waals surface area contributed by atoms with Crippen LogP contribution >= 0.6 is 0 Å². The lowest BCUT2D eigenvalue weighted by Gasteiger charge is -2.27. The third-order valence-corrected chi connectivity index (χ3v) is 6.04. The second kappa shape index (κ2) is 7.96. The van der Waals surface area contributed by atoms with Gasteiger partial charge in [0.05, 0.1) is 11.5 Å². The number of rotatable bonds is 7. The Hall–Kier alpha value is -1.63. The monoisotopic (exact) mass is 353 g/mol. The number of carbonyl (C=O) groups excluding carboxylic acids is 1. The highest BCUT2D eigenvalue weighted by molar-refractivity contribution is 7.91. The number of amides is 1. The number of pyridine rings is 1. The van der Waals surface area contributed by atoms with Crippen LogP contribution in [0.5, 0.6) is 0 Å². The van der Waals surface area contributed by atoms with Gasteiger partial charge in [-0.2, -0.15) is 0 Å². The highest BCUT2D eigenvalue weighted by Gasteiger charge is 2.34. The molecule has 0 bridgehead atoms. The maximum Gasteiger partial charge on any atom is 0.254 e. The Kier molecular flexibility index (Phi) is 6.21. The number of anilines is 1. The van der Waals surface area contributed by atoms with Crippen molar-refractivity contribution in [3.63, 3.8) is 0 Å². The number of hydrogen-bond acceptors (Lipinski definition) is 5. The van der Waals surface area contributed by atoms with Gasteiger partial charge in [-0.1, -0.05) is 13.8 Å². The molecule has 1 atom stereocenters. The smallest absolute Gasteiger partial charge is 0.254 e. The molecule has 7 heteroatoms. The van der Waals surface area contributed by atoms with E-state index in [0.717, 1.165) is 13.0 Å². The van der Waals surface area contributed by atoms with Gasteiger partial charge in [0.15, 0.2) is 9.84 Å². The van der Waals surface area contributed by atoms with Crippen molar-refractivity contribution in [3.05, 3.63) is 23.9 Å². The van der Waals surface area contributed by atoms with E-state index in [-0.39, 0.29) is 23.5 Å². The topological polar surface area (TPSA) is 79.4 Å². The number of sulfone groups is 1. The number of nitrogens with one attached hydrogen (secondary N) is 1. The zero-order valence-corrected chi connectivity index (χ0v) is 15.5. The Balaban J connectivity index is 2.07. The molecule has 1 N–H and O–H groups in total. The summed E-state index contributed by atoms with van der Waals surface area (Å²) in [6, 6.07) is 3.20. The van der Waals surface area contributed by atoms with Crippen LogP contribution in [0.1, 0.15) is 44.0 Å². The molecule has 0 spiro atoms. The minimum Gasteiger partial charge on any atom is -0.370 e. The zero-order chi connectivity index (χ0) is 17.7. The Morgan fingerprint density at radius 1 is 1.46 bits per heavy atom. The maximum absolute atomic E-state index is 12.8. The van der Waals surface area contributed by atoms with Crippen molar-refractivity contribution >= 4 is 21.6 Å². The standard InChI is InChI=1S/C17H27N3O3S/c1-4-20(15-7-10-24(22,23)12-15)17(21)14-6-9-19-16(11-14)18-8-5-13(2)3/h6,9,11,13,15H,4-5,7-8,10,12H2,1-3H3,(H,18,19). The van der Waals surface area contributed by atoms with Crippen molar-refractivity contribution in [1.29, 1.82) is 0 Å². The highest BCUT2D eigenvalue weighted by atomic mass is 32.2. The Morgan fingerprint density at radius 3 is 2.79 bits per heavy atom. The van der Waals surface area contributed by atoms with Crippen molar-refractivity contribution in [2.45, 2.75) is 39.7 Å². The molecule has 1 aliphatic rings. The highest BCUT2D eigenvalue weighted by Crippen LogP contribution is 2.20. The molecule has 0 radical (unpaired) electrons. The predicted octanol–water partition coefficient (Wildman–Crippen LogP) is 2.19. The molecule has 134 valence electrons. The van der Waals surface area contributed by atoms with Gasteiger partial charge in [0.25, 0.3) is 5.91 Å². The molecular weight excluding hydrogens is 326 g/mol. The average molecular weight is 353 g/mol. The number of nitrogens with zero attached hydrogens (tertiary/aromatic N) is 2. The molecule has 0 aliphatic carbocycles. The van der Waals surface area contributed by atoms with E-state index in [4.69, 9.17) is 0 Å². The molecule has 24 heavy (non-hydrogen) atoms. The van der Waals surface area contributed by atoms with Gasteiger partial charge >= 0.3 is 0 Å². The Bertz CT molecular complexity index is 673. The third kappa shape index (κ3) is 4.93. The fourth-order valence-electron chi connectivity index (χ4n) is 2.90. The number of hydrogen-bond donors (Lipinski definition) is 1. The first-order chi connectivity index (χ1) is 11.3. The molecule has 2 rings (SSSR count). The summed E-state index contributed by atoms with van der Waals surface area (Å²) >= 11 is 0. The van der Waals surface area contributed by atoms with E-state index >= 15 is 0 Å². The summed E-state index contributed by atoms with van der Waals surface area (Å²) in [7, 11) is -3.01. The molecule has 1 aromatic heterocycles. The lowest BCUT2D eigenvalue weighted by Crippen LogP contribution is -2.41. The molecule has 1 amide bonds. The van der Waals surface area contributed by atoms with E-state index in [1.54, 1.807) is 23.2 Å². The first kappa shape index (κ1) is 18.7. The SMILES string of the molecule is CCN(C(=O)c1ccnc(NCCC(C)C)c1)C1CCS(=O)(=O)C1. The molecule has 0 aromatic carbocycles. The minimum atomic E-state index is -3.01. The largest absolute Gasteiger partial charge is 0.370 e. The van der Waals surface area contributed by atoms with Crippen LogP contribution in [0, 0.1) is 5.92 Å². The van der Waals surface area contributed by atoms with Crippen LogP contribution in [0.4, 0.5) is 5.82 Å². The molecule has 1 fully saturated rings. The van der Waals surface area contributed by atoms with E-state index < -0.39 is 9.84 Å². The Morgan fingerprint density at radius 2 is 2.21 bits per heavy atom. The van der Waals surface area contributed by atoms with Gasteiger partial charge in [-0.05, 0) is 37.8 Å². The van der Waals surface area contributed by atoms with Gasteiger partial charge < -0.3 is 10.2 Å². The molecule has 2 heterocycles. The van der Waals surface area contributed by atoms with Crippen molar-refractivity contribution in [2.24, 2.45) is 5.92 Å². The van der Waals surface area contributed by atoms with Crippen LogP contribution in [0.25, 0.3) is 0 Å².